The second kappa shape index (κ2) is 36.0. The van der Waals surface area contributed by atoms with E-state index in [0.29, 0.717) is 0 Å². The molecule has 0 saturated carbocycles. The summed E-state index contributed by atoms with van der Waals surface area (Å²) < 4.78 is 77.9. The Hall–Kier alpha value is -4.87. The van der Waals surface area contributed by atoms with Crippen molar-refractivity contribution in [3.63, 3.8) is 0 Å². The van der Waals surface area contributed by atoms with Gasteiger partial charge in [0.2, 0.25) is 41.4 Å². The summed E-state index contributed by atoms with van der Waals surface area (Å²) in [6.45, 7) is 0.0849. The van der Waals surface area contributed by atoms with Crippen molar-refractivity contribution < 1.29 is 177 Å². The average Bonchev–Trinajstić information content (AvgIpc) is 0.772. The normalized spacial score (nSPS) is 44.1. The van der Waals surface area contributed by atoms with Crippen molar-refractivity contribution in [3.05, 3.63) is 0 Å². The van der Waals surface area contributed by atoms with Gasteiger partial charge in [-0.3, -0.25) is 33.6 Å². The quantitative estimate of drug-likeness (QED) is 0.0382. The molecule has 7 fully saturated rings. The fourth-order valence-electron chi connectivity index (χ4n) is 12.9. The monoisotopic (exact) mass is 1440 g/mol. The molecule has 7 heterocycles. The molecule has 7 aliphatic heterocycles. The summed E-state index contributed by atoms with van der Waals surface area (Å²) in [6, 6.07) is -12.1. The molecule has 7 aliphatic rings. The first-order chi connectivity index (χ1) is 46.7. The summed E-state index contributed by atoms with van der Waals surface area (Å²) in [4.78, 5) is 88.3. The van der Waals surface area contributed by atoms with Crippen LogP contribution in [-0.2, 0) is 95.1 Å². The largest absolute Gasteiger partial charge is 0.394 e. The van der Waals surface area contributed by atoms with Gasteiger partial charge in [0.1, 0.15) is 170 Å². The SMILES string of the molecule is CC(=O)N[C@H]1[C@H](O[C@H]2[C@H](O)[C@@H](NC(C)=O)[C@H](O[C@H]3[C@H](O)[C@@H](NC(C)=O)[C@H](O[C@H]4[C@H](O)[C@@H](NC(C)=O)C(O)O[C@@H]4CO)O[C@@H]3CO)O[C@@H]2CO)O[C@H](CO)[C@@H](O[C@@H]2O[C@H](CO)[C@@H](O[C@@H]3O[C@H](CO)[C@@H](O[C@@H]4O[C@H](CO)[C@@H](O)[C@H](O)[C@H]4NC(C)=O)[C@H](O)[C@H]3NC(C)=O)[C@H](O)[C@H]2NC(C)=O)[C@@H]1O. The van der Waals surface area contributed by atoms with Crippen LogP contribution in [0.1, 0.15) is 48.5 Å². The predicted octanol–water partition coefficient (Wildman–Crippen LogP) is -15.3. The van der Waals surface area contributed by atoms with Crippen LogP contribution in [0.25, 0.3) is 0 Å². The first-order valence-electron chi connectivity index (χ1n) is 31.6. The molecule has 568 valence electrons. The van der Waals surface area contributed by atoms with Gasteiger partial charge in [-0.2, -0.15) is 0 Å². The van der Waals surface area contributed by atoms with Gasteiger partial charge in [0.25, 0.3) is 0 Å². The van der Waals surface area contributed by atoms with Crippen molar-refractivity contribution in [2.45, 2.75) is 263 Å². The first kappa shape index (κ1) is 81.4. The van der Waals surface area contributed by atoms with Gasteiger partial charge in [-0.05, 0) is 0 Å². The Morgan fingerprint density at radius 1 is 0.242 bits per heavy atom. The molecule has 1 unspecified atom stereocenters. The van der Waals surface area contributed by atoms with E-state index in [1.54, 1.807) is 0 Å². The van der Waals surface area contributed by atoms with Crippen molar-refractivity contribution in [1.29, 1.82) is 0 Å². The molecule has 0 aromatic heterocycles. The summed E-state index contributed by atoms with van der Waals surface area (Å²) in [5.41, 5.74) is 0. The maximum Gasteiger partial charge on any atom is 0.217 e. The van der Waals surface area contributed by atoms with Crippen LogP contribution in [0.15, 0.2) is 0 Å². The van der Waals surface area contributed by atoms with E-state index in [4.69, 9.17) is 61.6 Å². The highest BCUT2D eigenvalue weighted by atomic mass is 16.8. The zero-order chi connectivity index (χ0) is 73.3. The van der Waals surface area contributed by atoms with Crippen LogP contribution in [0.5, 0.6) is 0 Å². The summed E-state index contributed by atoms with van der Waals surface area (Å²) in [6.07, 6.45) is -52.0. The zero-order valence-corrected chi connectivity index (χ0v) is 54.5. The molecule has 7 rings (SSSR count). The number of carbonyl (C=O) groups is 7. The van der Waals surface area contributed by atoms with Crippen LogP contribution in [0.2, 0.25) is 0 Å². The summed E-state index contributed by atoms with van der Waals surface area (Å²) >= 11 is 0. The molecule has 43 nitrogen and oxygen atoms in total. The Morgan fingerprint density at radius 2 is 0.404 bits per heavy atom. The molecule has 7 amide bonds. The van der Waals surface area contributed by atoms with Crippen LogP contribution >= 0.6 is 0 Å². The minimum absolute atomic E-state index is 0.718. The topological polar surface area (TPSA) is 647 Å². The molecule has 7 saturated heterocycles. The number of aliphatic hydroxyl groups excluding tert-OH is 16. The van der Waals surface area contributed by atoms with Gasteiger partial charge in [0, 0.05) is 48.5 Å². The van der Waals surface area contributed by atoms with Gasteiger partial charge in [-0.25, -0.2) is 0 Å². The standard InChI is InChI=1S/C56H93N7O36/c1-15(71)57-29-38(80)44(23(9-65)87-50(29)86)94-52-31(59-17(3)73)40(82)46(25(11-67)89-52)96-54-33(61-19(5)75)42(84)48(27(13-69)91-54)98-56-35(63-21(7)77)43(85)49(28(14-70)93-56)99-55-34(62-20(6)76)41(83)47(26(12-68)92-55)97-53-32(60-18(4)74)39(81)45(24(10-66)90-53)95-51-30(58-16(2)72)37(79)36(78)22(8-64)88-51/h22-56,64-70,78-86H,8-14H2,1-7H3,(H,57,71)(H,58,72)(H,59,73)(H,60,74)(H,61,75)(H,62,76)(H,63,77)/t22-,23-,24-,25-,26-,27-,28-,29-,30-,31-,32-,33-,34-,35-,36-,37-,38-,39-,40-,41-,42-,43-,44-,45-,46-,47-,48-,49-,50?,51+,52+,53+,54+,55+,56+/m1/s1. The highest BCUT2D eigenvalue weighted by Crippen LogP contribution is 2.38. The smallest absolute Gasteiger partial charge is 0.217 e. The highest BCUT2D eigenvalue weighted by Gasteiger charge is 2.60. The van der Waals surface area contributed by atoms with E-state index in [1.165, 1.54) is 0 Å². The van der Waals surface area contributed by atoms with Gasteiger partial charge < -0.3 is 181 Å². The lowest BCUT2D eigenvalue weighted by molar-refractivity contribution is -0.372. The van der Waals surface area contributed by atoms with Crippen molar-refractivity contribution in [2.75, 3.05) is 46.2 Å². The second-order valence-corrected chi connectivity index (χ2v) is 24.7. The van der Waals surface area contributed by atoms with E-state index in [-0.39, 0.29) is 0 Å². The number of ether oxygens (including phenoxy) is 13. The molecule has 0 bridgehead atoms. The molecule has 0 aliphatic carbocycles. The minimum Gasteiger partial charge on any atom is -0.394 e. The molecule has 0 aromatic rings. The Bertz CT molecular complexity index is 2690. The molecule has 35 atom stereocenters. The van der Waals surface area contributed by atoms with E-state index in [0.717, 1.165) is 48.5 Å². The Kier molecular flexibility index (Phi) is 29.6. The van der Waals surface area contributed by atoms with Crippen molar-refractivity contribution in [3.8, 4) is 0 Å². The predicted molar refractivity (Wildman–Crippen MR) is 313 cm³/mol. The third-order valence-corrected chi connectivity index (χ3v) is 17.4. The molecular formula is C56H93N7O36. The van der Waals surface area contributed by atoms with E-state index in [1.807, 2.05) is 0 Å². The molecule has 99 heavy (non-hydrogen) atoms. The zero-order valence-electron chi connectivity index (χ0n) is 54.5. The van der Waals surface area contributed by atoms with Gasteiger partial charge in [-0.15, -0.1) is 0 Å². The Morgan fingerprint density at radius 3 is 0.596 bits per heavy atom. The van der Waals surface area contributed by atoms with Crippen LogP contribution in [0.4, 0.5) is 0 Å². The molecule has 0 aromatic carbocycles. The first-order valence-corrected chi connectivity index (χ1v) is 31.6. The number of rotatable bonds is 26. The van der Waals surface area contributed by atoms with Crippen LogP contribution < -0.4 is 37.2 Å². The van der Waals surface area contributed by atoms with Gasteiger partial charge in [0.05, 0.1) is 46.2 Å². The number of hydrogen-bond donors (Lipinski definition) is 23. The van der Waals surface area contributed by atoms with Crippen molar-refractivity contribution in [2.24, 2.45) is 0 Å². The van der Waals surface area contributed by atoms with Gasteiger partial charge >= 0.3 is 0 Å². The van der Waals surface area contributed by atoms with E-state index in [9.17, 15) is 115 Å². The second-order valence-electron chi connectivity index (χ2n) is 24.7. The van der Waals surface area contributed by atoms with Crippen molar-refractivity contribution in [1.82, 2.24) is 37.2 Å². The third kappa shape index (κ3) is 19.1. The average molecular weight is 1440 g/mol. The van der Waals surface area contributed by atoms with Crippen LogP contribution in [-0.4, -0.2) is 384 Å². The molecular weight excluding hydrogens is 1350 g/mol. The fourth-order valence-corrected chi connectivity index (χ4v) is 12.9. The number of amides is 7. The number of aliphatic hydroxyl groups is 16. The Balaban J connectivity index is 1.10. The molecule has 23 N–H and O–H groups in total. The lowest BCUT2D eigenvalue weighted by Crippen LogP contribution is -2.72. The maximum absolute atomic E-state index is 13.0. The van der Waals surface area contributed by atoms with Crippen LogP contribution in [0, 0.1) is 0 Å². The van der Waals surface area contributed by atoms with Crippen molar-refractivity contribution >= 4 is 41.4 Å². The fraction of sp³-hybridized carbons (Fsp3) is 0.875. The number of carbonyl (C=O) groups excluding carboxylic acids is 7. The van der Waals surface area contributed by atoms with Gasteiger partial charge in [0.15, 0.2) is 44.0 Å². The third-order valence-electron chi connectivity index (χ3n) is 17.4. The van der Waals surface area contributed by atoms with E-state index in [2.05, 4.69) is 37.2 Å². The number of nitrogens with one attached hydrogen (secondary N) is 7. The molecule has 0 radical (unpaired) electrons. The van der Waals surface area contributed by atoms with Gasteiger partial charge in [-0.1, -0.05) is 0 Å². The lowest BCUT2D eigenvalue weighted by atomic mass is 9.92. The lowest BCUT2D eigenvalue weighted by Gasteiger charge is -2.52. The summed E-state index contributed by atoms with van der Waals surface area (Å²) in [7, 11) is 0. The summed E-state index contributed by atoms with van der Waals surface area (Å²) in [5, 5.41) is 194. The van der Waals surface area contributed by atoms with E-state index >= 15 is 0 Å². The molecule has 43 heteroatoms. The maximum atomic E-state index is 13.0. The molecule has 0 spiro atoms. The van der Waals surface area contributed by atoms with E-state index < -0.39 is 302 Å². The number of hydrogen-bond acceptors (Lipinski definition) is 36. The van der Waals surface area contributed by atoms with Crippen LogP contribution in [0.3, 0.4) is 0 Å². The Labute approximate surface area is 563 Å². The highest BCUT2D eigenvalue weighted by molar-refractivity contribution is 5.75. The minimum atomic E-state index is -2.13. The summed E-state index contributed by atoms with van der Waals surface area (Å²) in [5.74, 6) is -5.75.